The average molecular weight is 327 g/mol. The Hall–Kier alpha value is -2.83. The van der Waals surface area contributed by atoms with Crippen LogP contribution < -0.4 is 14.4 Å². The highest BCUT2D eigenvalue weighted by Crippen LogP contribution is 2.42. The highest BCUT2D eigenvalue weighted by atomic mass is 16.7. The summed E-state index contributed by atoms with van der Waals surface area (Å²) in [5.74, 6) is 1.69. The van der Waals surface area contributed by atoms with Gasteiger partial charge in [-0.15, -0.1) is 0 Å². The van der Waals surface area contributed by atoms with Gasteiger partial charge in [0.2, 0.25) is 12.7 Å². The largest absolute Gasteiger partial charge is 0.462 e. The van der Waals surface area contributed by atoms with Crippen molar-refractivity contribution in [1.82, 2.24) is 9.97 Å². The number of rotatable bonds is 3. The zero-order valence-electron chi connectivity index (χ0n) is 13.5. The summed E-state index contributed by atoms with van der Waals surface area (Å²) in [7, 11) is 0. The van der Waals surface area contributed by atoms with Crippen LogP contribution in [0.3, 0.4) is 0 Å². The lowest BCUT2D eigenvalue weighted by Gasteiger charge is -2.18. The van der Waals surface area contributed by atoms with Crippen LogP contribution in [0.25, 0.3) is 0 Å². The van der Waals surface area contributed by atoms with Gasteiger partial charge in [-0.2, -0.15) is 0 Å². The van der Waals surface area contributed by atoms with Crippen LogP contribution in [0.15, 0.2) is 18.3 Å². The number of nitrogens with zero attached hydrogens (tertiary/aromatic N) is 3. The Labute approximate surface area is 139 Å². The van der Waals surface area contributed by atoms with E-state index in [1.165, 1.54) is 11.8 Å². The van der Waals surface area contributed by atoms with E-state index in [4.69, 9.17) is 14.2 Å². The third-order valence-corrected chi connectivity index (χ3v) is 4.17. The van der Waals surface area contributed by atoms with Gasteiger partial charge in [-0.05, 0) is 31.9 Å². The minimum atomic E-state index is -0.397. The molecule has 4 rings (SSSR count). The minimum absolute atomic E-state index is 0.252. The van der Waals surface area contributed by atoms with Gasteiger partial charge in [-0.1, -0.05) is 0 Å². The van der Waals surface area contributed by atoms with Crippen molar-refractivity contribution in [3.8, 4) is 11.5 Å². The Kier molecular flexibility index (Phi) is 3.48. The summed E-state index contributed by atoms with van der Waals surface area (Å²) in [6, 6.07) is 3.97. The second kappa shape index (κ2) is 5.67. The molecule has 24 heavy (non-hydrogen) atoms. The number of hydrogen-bond donors (Lipinski definition) is 0. The number of aromatic nitrogens is 2. The van der Waals surface area contributed by atoms with Gasteiger partial charge in [-0.3, -0.25) is 0 Å². The molecule has 0 saturated carbocycles. The van der Waals surface area contributed by atoms with Crippen molar-refractivity contribution < 1.29 is 19.0 Å². The van der Waals surface area contributed by atoms with Gasteiger partial charge in [0, 0.05) is 18.8 Å². The molecule has 0 N–H and O–H groups in total. The van der Waals surface area contributed by atoms with E-state index in [9.17, 15) is 4.79 Å². The third-order valence-electron chi connectivity index (χ3n) is 4.17. The van der Waals surface area contributed by atoms with E-state index >= 15 is 0 Å². The number of ether oxygens (including phenoxy) is 3. The lowest BCUT2D eigenvalue weighted by Crippen LogP contribution is -2.18. The van der Waals surface area contributed by atoms with Crippen LogP contribution in [0, 0.1) is 6.92 Å². The number of benzene rings is 1. The summed E-state index contributed by atoms with van der Waals surface area (Å²) in [6.45, 7) is 4.91. The quantitative estimate of drug-likeness (QED) is 0.801. The van der Waals surface area contributed by atoms with E-state index in [0.717, 1.165) is 30.2 Å². The molecular formula is C17H17N3O4. The number of fused-ring (bicyclic) bond motifs is 2. The first-order chi connectivity index (χ1) is 11.7. The monoisotopic (exact) mass is 327 g/mol. The molecule has 0 fully saturated rings. The van der Waals surface area contributed by atoms with Crippen molar-refractivity contribution in [3.63, 3.8) is 0 Å². The molecule has 1 aromatic heterocycles. The van der Waals surface area contributed by atoms with Gasteiger partial charge in [0.1, 0.15) is 0 Å². The maximum Gasteiger partial charge on any atom is 0.341 e. The number of hydrogen-bond acceptors (Lipinski definition) is 7. The second-order valence-corrected chi connectivity index (χ2v) is 5.63. The van der Waals surface area contributed by atoms with Crippen LogP contribution in [-0.4, -0.2) is 35.9 Å². The zero-order valence-corrected chi connectivity index (χ0v) is 13.5. The number of carbonyl (C=O) groups excluding carboxylic acids is 1. The summed E-state index contributed by atoms with van der Waals surface area (Å²) >= 11 is 0. The van der Waals surface area contributed by atoms with Gasteiger partial charge in [0.15, 0.2) is 11.5 Å². The van der Waals surface area contributed by atoms with E-state index in [1.807, 2.05) is 17.0 Å². The molecule has 0 atom stereocenters. The molecule has 7 heteroatoms. The predicted molar refractivity (Wildman–Crippen MR) is 86.0 cm³/mol. The van der Waals surface area contributed by atoms with Crippen molar-refractivity contribution in [2.24, 2.45) is 0 Å². The van der Waals surface area contributed by atoms with Gasteiger partial charge in [0.05, 0.1) is 23.6 Å². The number of aryl methyl sites for hydroxylation is 1. The lowest BCUT2D eigenvalue weighted by atomic mass is 10.1. The van der Waals surface area contributed by atoms with Crippen LogP contribution in [0.5, 0.6) is 11.5 Å². The molecule has 1 aromatic carbocycles. The highest BCUT2D eigenvalue weighted by molar-refractivity contribution is 5.90. The van der Waals surface area contributed by atoms with Crippen LogP contribution in [0.2, 0.25) is 0 Å². The van der Waals surface area contributed by atoms with E-state index in [-0.39, 0.29) is 6.79 Å². The molecule has 2 aliphatic heterocycles. The first kappa shape index (κ1) is 14.7. The number of carbonyl (C=O) groups is 1. The van der Waals surface area contributed by atoms with Crippen LogP contribution in [0.1, 0.15) is 28.5 Å². The molecule has 0 spiro atoms. The molecule has 0 amide bonds. The fourth-order valence-electron chi connectivity index (χ4n) is 2.98. The maximum atomic E-state index is 11.9. The molecule has 0 unspecified atom stereocenters. The summed E-state index contributed by atoms with van der Waals surface area (Å²) in [4.78, 5) is 22.8. The fraction of sp³-hybridized carbons (Fsp3) is 0.353. The second-order valence-electron chi connectivity index (χ2n) is 5.63. The molecule has 3 heterocycles. The SMILES string of the molecule is CCOC(=O)c1cnc(N2CCc3cc4c(cc32)OCO4)nc1C. The Bertz CT molecular complexity index is 822. The van der Waals surface area contributed by atoms with Gasteiger partial charge in [-0.25, -0.2) is 14.8 Å². The smallest absolute Gasteiger partial charge is 0.341 e. The summed E-state index contributed by atoms with van der Waals surface area (Å²) in [5.41, 5.74) is 3.19. The first-order valence-corrected chi connectivity index (χ1v) is 7.88. The third kappa shape index (κ3) is 2.33. The molecule has 2 aromatic rings. The predicted octanol–water partition coefficient (Wildman–Crippen LogP) is 2.38. The zero-order chi connectivity index (χ0) is 16.7. The number of anilines is 2. The standard InChI is InChI=1S/C17H17N3O4/c1-3-22-16(21)12-8-18-17(19-10(12)2)20-5-4-11-6-14-15(7-13(11)20)24-9-23-14/h6-8H,3-5,9H2,1-2H3. The van der Waals surface area contributed by atoms with E-state index in [2.05, 4.69) is 9.97 Å². The van der Waals surface area contributed by atoms with Gasteiger partial charge in [0.25, 0.3) is 0 Å². The Morgan fingerprint density at radius 2 is 2.12 bits per heavy atom. The molecule has 7 nitrogen and oxygen atoms in total. The fourth-order valence-corrected chi connectivity index (χ4v) is 2.98. The van der Waals surface area contributed by atoms with E-state index < -0.39 is 5.97 Å². The summed E-state index contributed by atoms with van der Waals surface area (Å²) in [5, 5.41) is 0. The first-order valence-electron chi connectivity index (χ1n) is 7.88. The topological polar surface area (TPSA) is 73.8 Å². The maximum absolute atomic E-state index is 11.9. The van der Waals surface area contributed by atoms with Gasteiger partial charge < -0.3 is 19.1 Å². The summed E-state index contributed by atoms with van der Waals surface area (Å²) < 4.78 is 15.9. The molecule has 0 bridgehead atoms. The molecule has 0 radical (unpaired) electrons. The van der Waals surface area contributed by atoms with Crippen LogP contribution >= 0.6 is 0 Å². The van der Waals surface area contributed by atoms with Crippen LogP contribution in [-0.2, 0) is 11.2 Å². The van der Waals surface area contributed by atoms with Crippen molar-refractivity contribution in [2.75, 3.05) is 24.8 Å². The molecule has 0 aliphatic carbocycles. The Morgan fingerprint density at radius 1 is 1.33 bits per heavy atom. The van der Waals surface area contributed by atoms with Crippen molar-refractivity contribution in [3.05, 3.63) is 35.2 Å². The molecule has 124 valence electrons. The lowest BCUT2D eigenvalue weighted by molar-refractivity contribution is 0.0524. The summed E-state index contributed by atoms with van der Waals surface area (Å²) in [6.07, 6.45) is 2.41. The Morgan fingerprint density at radius 3 is 2.88 bits per heavy atom. The van der Waals surface area contributed by atoms with E-state index in [0.29, 0.717) is 23.8 Å². The molecule has 0 saturated heterocycles. The molecule has 2 aliphatic rings. The normalized spacial score (nSPS) is 14.7. The van der Waals surface area contributed by atoms with E-state index in [1.54, 1.807) is 13.8 Å². The van der Waals surface area contributed by atoms with Crippen molar-refractivity contribution >= 4 is 17.6 Å². The Balaban J connectivity index is 1.67. The highest BCUT2D eigenvalue weighted by Gasteiger charge is 2.27. The van der Waals surface area contributed by atoms with Gasteiger partial charge >= 0.3 is 5.97 Å². The van der Waals surface area contributed by atoms with Crippen molar-refractivity contribution in [1.29, 1.82) is 0 Å². The minimum Gasteiger partial charge on any atom is -0.462 e. The molecular weight excluding hydrogens is 310 g/mol. The van der Waals surface area contributed by atoms with Crippen molar-refractivity contribution in [2.45, 2.75) is 20.3 Å². The number of esters is 1. The average Bonchev–Trinajstić information content (AvgIpc) is 3.18. The van der Waals surface area contributed by atoms with Crippen LogP contribution in [0.4, 0.5) is 11.6 Å².